The van der Waals surface area contributed by atoms with Crippen LogP contribution in [0.4, 0.5) is 5.69 Å². The summed E-state index contributed by atoms with van der Waals surface area (Å²) in [5.74, 6) is -0.231. The maximum absolute atomic E-state index is 14.2. The van der Waals surface area contributed by atoms with Crippen LogP contribution in [0.1, 0.15) is 31.4 Å². The first-order chi connectivity index (χ1) is 19.7. The maximum Gasteiger partial charge on any atom is 0.244 e. The van der Waals surface area contributed by atoms with Gasteiger partial charge in [0.15, 0.2) is 11.5 Å². The Morgan fingerprint density at radius 1 is 0.976 bits per heavy atom. The van der Waals surface area contributed by atoms with E-state index in [1.807, 2.05) is 37.3 Å². The van der Waals surface area contributed by atoms with Gasteiger partial charge in [0.05, 0.1) is 11.4 Å². The second-order valence-electron chi connectivity index (χ2n) is 9.55. The molecule has 0 spiro atoms. The number of carbonyl (C=O) groups is 2. The average molecular weight is 600 g/mol. The molecule has 9 nitrogen and oxygen atoms in total. The molecule has 1 aliphatic rings. The number of hydrogen-bond acceptors (Lipinski definition) is 6. The van der Waals surface area contributed by atoms with Crippen molar-refractivity contribution in [2.45, 2.75) is 39.3 Å². The van der Waals surface area contributed by atoms with Gasteiger partial charge < -0.3 is 19.7 Å². The molecule has 218 valence electrons. The number of anilines is 1. The van der Waals surface area contributed by atoms with Crippen molar-refractivity contribution >= 4 is 39.1 Å². The Bertz CT molecular complexity index is 1470. The largest absolute Gasteiger partial charge is 0.454 e. The lowest BCUT2D eigenvalue weighted by Gasteiger charge is -2.34. The lowest BCUT2D eigenvalue weighted by Crippen LogP contribution is -2.53. The summed E-state index contributed by atoms with van der Waals surface area (Å²) in [6, 6.07) is 20.3. The van der Waals surface area contributed by atoms with E-state index in [1.165, 1.54) is 17.9 Å². The predicted octanol–water partition coefficient (Wildman–Crippen LogP) is 4.39. The minimum atomic E-state index is -3.90. The van der Waals surface area contributed by atoms with Crippen molar-refractivity contribution in [2.24, 2.45) is 0 Å². The molecule has 1 N–H and O–H groups in total. The molecule has 0 radical (unpaired) electrons. The third-order valence-corrected chi connectivity index (χ3v) is 8.85. The predicted molar refractivity (Wildman–Crippen MR) is 159 cm³/mol. The Kier molecular flexibility index (Phi) is 10.1. The fourth-order valence-corrected chi connectivity index (χ4v) is 5.74. The number of benzene rings is 3. The van der Waals surface area contributed by atoms with E-state index >= 15 is 0 Å². The third-order valence-electron chi connectivity index (χ3n) is 6.74. The Morgan fingerprint density at radius 2 is 1.68 bits per heavy atom. The van der Waals surface area contributed by atoms with Gasteiger partial charge in [0.25, 0.3) is 0 Å². The van der Waals surface area contributed by atoms with Gasteiger partial charge >= 0.3 is 0 Å². The van der Waals surface area contributed by atoms with Gasteiger partial charge in [-0.1, -0.05) is 67.1 Å². The first-order valence-electron chi connectivity index (χ1n) is 13.5. The van der Waals surface area contributed by atoms with Gasteiger partial charge in [-0.05, 0) is 42.7 Å². The van der Waals surface area contributed by atoms with Crippen LogP contribution in [0.15, 0.2) is 72.8 Å². The van der Waals surface area contributed by atoms with Gasteiger partial charge in [-0.2, -0.15) is 0 Å². The summed E-state index contributed by atoms with van der Waals surface area (Å²) < 4.78 is 38.4. The van der Waals surface area contributed by atoms with Gasteiger partial charge in [0.1, 0.15) is 12.6 Å². The van der Waals surface area contributed by atoms with E-state index in [0.717, 1.165) is 16.3 Å². The molecule has 1 aliphatic heterocycles. The summed E-state index contributed by atoms with van der Waals surface area (Å²) in [6.07, 6.45) is 0.950. The molecule has 0 unspecified atom stereocenters. The molecule has 0 saturated carbocycles. The standard InChI is InChI=1S/C30H34ClN3O6S/c1-3-16-32-30(36)26(17-22-10-6-5-7-11-22)33(19-23-12-8-9-13-25(23)31)29(35)20-34(41(37,38)4-2)24-14-15-27-28(18-24)40-21-39-27/h5-15,18,26H,3-4,16-17,19-21H2,1-2H3,(H,32,36)/t26-/m1/s1. The number of hydrogen-bond donors (Lipinski definition) is 1. The topological polar surface area (TPSA) is 105 Å². The molecule has 1 heterocycles. The quantitative estimate of drug-likeness (QED) is 0.312. The van der Waals surface area contributed by atoms with Crippen LogP contribution in [0, 0.1) is 0 Å². The molecule has 1 atom stereocenters. The molecule has 0 saturated heterocycles. The van der Waals surface area contributed by atoms with Crippen LogP contribution in [0.25, 0.3) is 0 Å². The summed E-state index contributed by atoms with van der Waals surface area (Å²) in [7, 11) is -3.90. The molecule has 0 aromatic heterocycles. The second-order valence-corrected chi connectivity index (χ2v) is 12.1. The first-order valence-corrected chi connectivity index (χ1v) is 15.5. The molecular formula is C30H34ClN3O6S. The van der Waals surface area contributed by atoms with E-state index in [1.54, 1.807) is 36.4 Å². The zero-order valence-electron chi connectivity index (χ0n) is 23.1. The van der Waals surface area contributed by atoms with Crippen molar-refractivity contribution < 1.29 is 27.5 Å². The van der Waals surface area contributed by atoms with Crippen LogP contribution >= 0.6 is 11.6 Å². The van der Waals surface area contributed by atoms with Crippen LogP contribution < -0.4 is 19.1 Å². The molecule has 0 fully saturated rings. The molecular weight excluding hydrogens is 566 g/mol. The number of sulfonamides is 1. The van der Waals surface area contributed by atoms with Crippen LogP contribution in [-0.4, -0.2) is 56.8 Å². The Labute approximate surface area is 246 Å². The Hall–Kier alpha value is -3.76. The lowest BCUT2D eigenvalue weighted by molar-refractivity contribution is -0.140. The number of ether oxygens (including phenoxy) is 2. The SMILES string of the molecule is CCCNC(=O)[C@@H](Cc1ccccc1)N(Cc1ccccc1Cl)C(=O)CN(c1ccc2c(c1)OCO2)S(=O)(=O)CC. The summed E-state index contributed by atoms with van der Waals surface area (Å²) in [5.41, 5.74) is 1.75. The Balaban J connectivity index is 1.74. The highest BCUT2D eigenvalue weighted by molar-refractivity contribution is 7.92. The van der Waals surface area contributed by atoms with Crippen molar-refractivity contribution in [3.8, 4) is 11.5 Å². The molecule has 0 bridgehead atoms. The number of nitrogens with one attached hydrogen (secondary N) is 1. The van der Waals surface area contributed by atoms with Crippen molar-refractivity contribution in [2.75, 3.05) is 29.9 Å². The van der Waals surface area contributed by atoms with Crippen LogP contribution in [-0.2, 0) is 32.6 Å². The van der Waals surface area contributed by atoms with Gasteiger partial charge in [-0.15, -0.1) is 0 Å². The summed E-state index contributed by atoms with van der Waals surface area (Å²) >= 11 is 6.48. The highest BCUT2D eigenvalue weighted by atomic mass is 35.5. The number of nitrogens with zero attached hydrogens (tertiary/aromatic N) is 2. The van der Waals surface area contributed by atoms with Gasteiger partial charge in [-0.25, -0.2) is 8.42 Å². The van der Waals surface area contributed by atoms with Crippen LogP contribution in [0.5, 0.6) is 11.5 Å². The van der Waals surface area contributed by atoms with Gasteiger partial charge in [-0.3, -0.25) is 13.9 Å². The zero-order chi connectivity index (χ0) is 29.4. The second kappa shape index (κ2) is 13.7. The fourth-order valence-electron chi connectivity index (χ4n) is 4.49. The number of fused-ring (bicyclic) bond motifs is 1. The van der Waals surface area contributed by atoms with Crippen LogP contribution in [0.3, 0.4) is 0 Å². The van der Waals surface area contributed by atoms with E-state index in [9.17, 15) is 18.0 Å². The van der Waals surface area contributed by atoms with Gasteiger partial charge in [0.2, 0.25) is 28.6 Å². The van der Waals surface area contributed by atoms with E-state index in [4.69, 9.17) is 21.1 Å². The molecule has 41 heavy (non-hydrogen) atoms. The number of rotatable bonds is 13. The summed E-state index contributed by atoms with van der Waals surface area (Å²) in [6.45, 7) is 3.41. The molecule has 2 amide bonds. The number of amides is 2. The number of carbonyl (C=O) groups excluding carboxylic acids is 2. The smallest absolute Gasteiger partial charge is 0.244 e. The van der Waals surface area contributed by atoms with Gasteiger partial charge in [0, 0.05) is 30.6 Å². The molecule has 0 aliphatic carbocycles. The molecule has 4 rings (SSSR count). The lowest BCUT2D eigenvalue weighted by atomic mass is 10.0. The minimum Gasteiger partial charge on any atom is -0.454 e. The number of halogens is 1. The fraction of sp³-hybridized carbons (Fsp3) is 0.333. The van der Waals surface area contributed by atoms with Crippen molar-refractivity contribution in [1.82, 2.24) is 10.2 Å². The van der Waals surface area contributed by atoms with Crippen molar-refractivity contribution in [3.05, 3.63) is 88.9 Å². The van der Waals surface area contributed by atoms with Crippen molar-refractivity contribution in [3.63, 3.8) is 0 Å². The maximum atomic E-state index is 14.2. The normalized spacial score (nSPS) is 13.0. The molecule has 11 heteroatoms. The van der Waals surface area contributed by atoms with E-state index in [-0.39, 0.29) is 37.1 Å². The summed E-state index contributed by atoms with van der Waals surface area (Å²) in [4.78, 5) is 29.2. The van der Waals surface area contributed by atoms with Crippen molar-refractivity contribution in [1.29, 1.82) is 0 Å². The molecule has 3 aromatic rings. The monoisotopic (exact) mass is 599 g/mol. The van der Waals surface area contributed by atoms with E-state index in [2.05, 4.69) is 5.32 Å². The Morgan fingerprint density at radius 3 is 2.39 bits per heavy atom. The minimum absolute atomic E-state index is 0.0106. The first kappa shape index (κ1) is 30.2. The highest BCUT2D eigenvalue weighted by Gasteiger charge is 2.34. The van der Waals surface area contributed by atoms with E-state index in [0.29, 0.717) is 28.6 Å². The highest BCUT2D eigenvalue weighted by Crippen LogP contribution is 2.36. The third kappa shape index (κ3) is 7.51. The average Bonchev–Trinajstić information content (AvgIpc) is 3.45. The summed E-state index contributed by atoms with van der Waals surface area (Å²) in [5, 5.41) is 3.35. The molecule has 3 aromatic carbocycles. The van der Waals surface area contributed by atoms with Crippen LogP contribution in [0.2, 0.25) is 5.02 Å². The zero-order valence-corrected chi connectivity index (χ0v) is 24.7. The van der Waals surface area contributed by atoms with E-state index < -0.39 is 28.5 Å².